The highest BCUT2D eigenvalue weighted by Crippen LogP contribution is 2.23. The molecule has 102 valence electrons. The Hall–Kier alpha value is -0.580. The van der Waals surface area contributed by atoms with Gasteiger partial charge in [-0.1, -0.05) is 44.5 Å². The van der Waals surface area contributed by atoms with E-state index in [-0.39, 0.29) is 27.6 Å². The maximum atomic E-state index is 12.3. The molecule has 3 nitrogen and oxygen atoms in total. The molecule has 0 aliphatic heterocycles. The van der Waals surface area contributed by atoms with Gasteiger partial charge in [0.2, 0.25) is 0 Å². The second kappa shape index (κ2) is 6.55. The summed E-state index contributed by atoms with van der Waals surface area (Å²) in [5.74, 6) is 0.324. The van der Waals surface area contributed by atoms with Gasteiger partial charge in [0.1, 0.15) is 0 Å². The Labute approximate surface area is 114 Å². The molecule has 0 aliphatic carbocycles. The smallest absolute Gasteiger partial charge is 0.181 e. The first-order valence-corrected chi connectivity index (χ1v) is 8.12. The van der Waals surface area contributed by atoms with Gasteiger partial charge in [-0.05, 0) is 24.6 Å². The third kappa shape index (κ3) is 3.97. The maximum absolute atomic E-state index is 12.3. The second-order valence-corrected chi connectivity index (χ2v) is 7.03. The van der Waals surface area contributed by atoms with Crippen LogP contribution < -0.4 is 5.32 Å². The predicted molar refractivity (Wildman–Crippen MR) is 75.8 cm³/mol. The highest BCUT2D eigenvalue weighted by atomic mass is 35.5. The number of sulfone groups is 1. The van der Waals surface area contributed by atoms with Crippen molar-refractivity contribution in [1.29, 1.82) is 0 Å². The van der Waals surface area contributed by atoms with Gasteiger partial charge in [-0.2, -0.15) is 0 Å². The Bertz CT molecular complexity index is 486. The third-order valence-electron chi connectivity index (χ3n) is 2.84. The fourth-order valence-electron chi connectivity index (χ4n) is 1.77. The van der Waals surface area contributed by atoms with Crippen LogP contribution in [0, 0.1) is 5.92 Å². The minimum Gasteiger partial charge on any atom is -0.313 e. The summed E-state index contributed by atoms with van der Waals surface area (Å²) in [5, 5.41) is 3.49. The molecule has 0 saturated carbocycles. The Morgan fingerprint density at radius 2 is 1.89 bits per heavy atom. The summed E-state index contributed by atoms with van der Waals surface area (Å²) in [6.07, 6.45) is 0. The van der Waals surface area contributed by atoms with Crippen LogP contribution in [0.1, 0.15) is 20.8 Å². The van der Waals surface area contributed by atoms with Gasteiger partial charge >= 0.3 is 0 Å². The van der Waals surface area contributed by atoms with Crippen molar-refractivity contribution in [3.05, 3.63) is 29.3 Å². The first-order valence-electron chi connectivity index (χ1n) is 6.09. The number of nitrogens with one attached hydrogen (secondary N) is 1. The number of hydrogen-bond acceptors (Lipinski definition) is 3. The molecule has 5 heteroatoms. The molecule has 1 atom stereocenters. The minimum atomic E-state index is -3.35. The SMILES string of the molecule is CCNC(CS(=O)(=O)c1ccccc1Cl)C(C)C. The molecule has 0 fully saturated rings. The normalized spacial score (nSPS) is 13.8. The summed E-state index contributed by atoms with van der Waals surface area (Å²) < 4.78 is 24.6. The van der Waals surface area contributed by atoms with Gasteiger partial charge in [-0.3, -0.25) is 0 Å². The van der Waals surface area contributed by atoms with Crippen molar-refractivity contribution in [1.82, 2.24) is 5.32 Å². The molecule has 0 bridgehead atoms. The largest absolute Gasteiger partial charge is 0.313 e. The van der Waals surface area contributed by atoms with Crippen LogP contribution in [-0.2, 0) is 9.84 Å². The quantitative estimate of drug-likeness (QED) is 0.876. The topological polar surface area (TPSA) is 46.2 Å². The van der Waals surface area contributed by atoms with Crippen molar-refractivity contribution in [2.75, 3.05) is 12.3 Å². The summed E-state index contributed by atoms with van der Waals surface area (Å²) in [4.78, 5) is 0.218. The molecule has 0 spiro atoms. The highest BCUT2D eigenvalue weighted by molar-refractivity contribution is 7.91. The lowest BCUT2D eigenvalue weighted by molar-refractivity contribution is 0.435. The molecule has 1 rings (SSSR count). The predicted octanol–water partition coefficient (Wildman–Crippen LogP) is 2.75. The van der Waals surface area contributed by atoms with Gasteiger partial charge in [-0.25, -0.2) is 8.42 Å². The molecule has 1 aromatic rings. The van der Waals surface area contributed by atoms with E-state index in [1.165, 1.54) is 0 Å². The van der Waals surface area contributed by atoms with E-state index in [0.29, 0.717) is 0 Å². The fraction of sp³-hybridized carbons (Fsp3) is 0.538. The standard InChI is InChI=1S/C13H20ClNO2S/c1-4-15-12(10(2)3)9-18(16,17)13-8-6-5-7-11(13)14/h5-8,10,12,15H,4,9H2,1-3H3. The van der Waals surface area contributed by atoms with Gasteiger partial charge < -0.3 is 5.32 Å². The average Bonchev–Trinajstić information content (AvgIpc) is 2.28. The average molecular weight is 290 g/mol. The van der Waals surface area contributed by atoms with Crippen molar-refractivity contribution in [3.8, 4) is 0 Å². The molecule has 18 heavy (non-hydrogen) atoms. The van der Waals surface area contributed by atoms with E-state index in [1.54, 1.807) is 24.3 Å². The van der Waals surface area contributed by atoms with Crippen LogP contribution in [0.4, 0.5) is 0 Å². The van der Waals surface area contributed by atoms with Crippen molar-refractivity contribution in [3.63, 3.8) is 0 Å². The minimum absolute atomic E-state index is 0.0590. The van der Waals surface area contributed by atoms with E-state index in [9.17, 15) is 8.42 Å². The zero-order chi connectivity index (χ0) is 13.8. The Balaban J connectivity index is 2.97. The van der Waals surface area contributed by atoms with E-state index in [1.807, 2.05) is 20.8 Å². The van der Waals surface area contributed by atoms with Gasteiger partial charge in [0, 0.05) is 6.04 Å². The molecule has 0 radical (unpaired) electrons. The summed E-state index contributed by atoms with van der Waals surface area (Å²) in [5.41, 5.74) is 0. The Morgan fingerprint density at radius 3 is 2.39 bits per heavy atom. The van der Waals surface area contributed by atoms with Gasteiger partial charge in [0.05, 0.1) is 15.7 Å². The van der Waals surface area contributed by atoms with Crippen LogP contribution in [0.2, 0.25) is 5.02 Å². The van der Waals surface area contributed by atoms with E-state index in [0.717, 1.165) is 6.54 Å². The number of rotatable bonds is 6. The van der Waals surface area contributed by atoms with Crippen LogP contribution in [0.25, 0.3) is 0 Å². The first kappa shape index (κ1) is 15.5. The van der Waals surface area contributed by atoms with Crippen LogP contribution >= 0.6 is 11.6 Å². The van der Waals surface area contributed by atoms with Gasteiger partial charge in [0.15, 0.2) is 9.84 Å². The van der Waals surface area contributed by atoms with Crippen molar-refractivity contribution in [2.24, 2.45) is 5.92 Å². The summed E-state index contributed by atoms with van der Waals surface area (Å²) in [6, 6.07) is 6.52. The van der Waals surface area contributed by atoms with Gasteiger partial charge in [-0.15, -0.1) is 0 Å². The lowest BCUT2D eigenvalue weighted by Crippen LogP contribution is -2.39. The molecule has 0 aliphatic rings. The van der Waals surface area contributed by atoms with Crippen LogP contribution in [0.5, 0.6) is 0 Å². The van der Waals surface area contributed by atoms with Crippen molar-refractivity contribution in [2.45, 2.75) is 31.7 Å². The van der Waals surface area contributed by atoms with Crippen LogP contribution in [0.15, 0.2) is 29.2 Å². The van der Waals surface area contributed by atoms with Crippen LogP contribution in [-0.4, -0.2) is 26.8 Å². The number of halogens is 1. The lowest BCUT2D eigenvalue weighted by atomic mass is 10.1. The first-order chi connectivity index (χ1) is 8.38. The molecule has 0 amide bonds. The fourth-order valence-corrected chi connectivity index (χ4v) is 4.07. The van der Waals surface area contributed by atoms with E-state index >= 15 is 0 Å². The van der Waals surface area contributed by atoms with E-state index < -0.39 is 9.84 Å². The second-order valence-electron chi connectivity index (χ2n) is 4.62. The Morgan fingerprint density at radius 1 is 1.28 bits per heavy atom. The summed E-state index contributed by atoms with van der Waals surface area (Å²) in [6.45, 7) is 6.74. The van der Waals surface area contributed by atoms with Crippen LogP contribution in [0.3, 0.4) is 0 Å². The zero-order valence-corrected chi connectivity index (χ0v) is 12.6. The molecule has 0 saturated heterocycles. The molecule has 1 unspecified atom stereocenters. The maximum Gasteiger partial charge on any atom is 0.181 e. The third-order valence-corrected chi connectivity index (χ3v) is 5.11. The molecule has 0 heterocycles. The number of benzene rings is 1. The van der Waals surface area contributed by atoms with E-state index in [2.05, 4.69) is 5.32 Å². The Kier molecular flexibility index (Phi) is 5.63. The molecule has 0 aromatic heterocycles. The van der Waals surface area contributed by atoms with Crippen molar-refractivity contribution >= 4 is 21.4 Å². The molecular weight excluding hydrogens is 270 g/mol. The van der Waals surface area contributed by atoms with E-state index in [4.69, 9.17) is 11.6 Å². The van der Waals surface area contributed by atoms with Crippen molar-refractivity contribution < 1.29 is 8.42 Å². The highest BCUT2D eigenvalue weighted by Gasteiger charge is 2.24. The molecule has 1 aromatic carbocycles. The zero-order valence-electron chi connectivity index (χ0n) is 11.0. The molecular formula is C13H20ClNO2S. The number of hydrogen-bond donors (Lipinski definition) is 1. The lowest BCUT2D eigenvalue weighted by Gasteiger charge is -2.21. The molecule has 1 N–H and O–H groups in total. The van der Waals surface area contributed by atoms with Gasteiger partial charge in [0.25, 0.3) is 0 Å². The summed E-state index contributed by atoms with van der Waals surface area (Å²) in [7, 11) is -3.35. The summed E-state index contributed by atoms with van der Waals surface area (Å²) >= 11 is 5.95. The monoisotopic (exact) mass is 289 g/mol.